The highest BCUT2D eigenvalue weighted by atomic mass is 32.2. The maximum Gasteiger partial charge on any atom is 0.227 e. The van der Waals surface area contributed by atoms with Crippen molar-refractivity contribution in [3.8, 4) is 17.3 Å². The summed E-state index contributed by atoms with van der Waals surface area (Å²) in [6, 6.07) is 3.06. The molecule has 3 aromatic heterocycles. The van der Waals surface area contributed by atoms with Crippen molar-refractivity contribution in [3.63, 3.8) is 0 Å². The largest absolute Gasteiger partial charge is 0.480 e. The molecule has 1 saturated carbocycles. The highest BCUT2D eigenvalue weighted by Crippen LogP contribution is 2.45. The minimum absolute atomic E-state index is 0.00543. The minimum Gasteiger partial charge on any atom is -0.480 e. The monoisotopic (exact) mass is 566 g/mol. The molecule has 1 fully saturated rings. The zero-order valence-electron chi connectivity index (χ0n) is 23.2. The number of amidine groups is 1. The number of pyridine rings is 1. The average molecular weight is 567 g/mol. The van der Waals surface area contributed by atoms with E-state index in [9.17, 15) is 13.5 Å². The van der Waals surface area contributed by atoms with Crippen LogP contribution in [0.4, 0.5) is 11.5 Å². The van der Waals surface area contributed by atoms with Crippen molar-refractivity contribution in [1.29, 1.82) is 0 Å². The normalized spacial score (nSPS) is 18.9. The lowest BCUT2D eigenvalue weighted by Gasteiger charge is -2.41. The van der Waals surface area contributed by atoms with E-state index in [4.69, 9.17) is 9.72 Å². The molecule has 40 heavy (non-hydrogen) atoms. The number of fused-ring (bicyclic) bond motifs is 1. The number of nitrogens with one attached hydrogen (secondary N) is 1. The first-order valence-electron chi connectivity index (χ1n) is 13.4. The fourth-order valence-electron chi connectivity index (χ4n) is 4.52. The maximum atomic E-state index is 12.1. The van der Waals surface area contributed by atoms with E-state index in [2.05, 4.69) is 44.1 Å². The molecule has 5 rings (SSSR count). The van der Waals surface area contributed by atoms with Gasteiger partial charge >= 0.3 is 0 Å². The Labute approximate surface area is 233 Å². The van der Waals surface area contributed by atoms with Gasteiger partial charge in [0.05, 0.1) is 41.9 Å². The number of hydrogen-bond acceptors (Lipinski definition) is 11. The quantitative estimate of drug-likeness (QED) is 0.392. The van der Waals surface area contributed by atoms with E-state index < -0.39 is 16.1 Å². The Morgan fingerprint density at radius 3 is 2.55 bits per heavy atom. The van der Waals surface area contributed by atoms with Crippen molar-refractivity contribution in [2.24, 2.45) is 10.9 Å². The Kier molecular flexibility index (Phi) is 7.69. The molecule has 2 atom stereocenters. The molecule has 12 nitrogen and oxygen atoms in total. The van der Waals surface area contributed by atoms with Crippen LogP contribution in [-0.4, -0.2) is 69.4 Å². The smallest absolute Gasteiger partial charge is 0.227 e. The molecule has 3 aromatic rings. The Bertz CT molecular complexity index is 1520. The molecular formula is C27H34N8O4S. The Hall–Kier alpha value is -3.71. The highest BCUT2D eigenvalue weighted by Gasteiger charge is 2.37. The lowest BCUT2D eigenvalue weighted by atomic mass is 10.0. The number of ether oxygens (including phenoxy) is 1. The second-order valence-corrected chi connectivity index (χ2v) is 12.6. The molecule has 0 saturated heterocycles. The zero-order valence-corrected chi connectivity index (χ0v) is 24.1. The molecule has 0 spiro atoms. The van der Waals surface area contributed by atoms with Gasteiger partial charge in [0, 0.05) is 18.2 Å². The molecule has 0 radical (unpaired) electrons. The van der Waals surface area contributed by atoms with E-state index in [0.717, 1.165) is 18.5 Å². The summed E-state index contributed by atoms with van der Waals surface area (Å²) in [6.45, 7) is 7.92. The van der Waals surface area contributed by atoms with Gasteiger partial charge in [-0.05, 0) is 37.8 Å². The summed E-state index contributed by atoms with van der Waals surface area (Å²) >= 11 is 0. The van der Waals surface area contributed by atoms with Crippen LogP contribution in [0, 0.1) is 5.92 Å². The average Bonchev–Trinajstić information content (AvgIpc) is 3.81. The van der Waals surface area contributed by atoms with Crippen LogP contribution in [0.3, 0.4) is 0 Å². The number of sulfone groups is 1. The predicted molar refractivity (Wildman–Crippen MR) is 151 cm³/mol. The lowest BCUT2D eigenvalue weighted by molar-refractivity contribution is 0.210. The third-order valence-electron chi connectivity index (χ3n) is 7.36. The summed E-state index contributed by atoms with van der Waals surface area (Å²) < 4.78 is 29.7. The number of anilines is 2. The van der Waals surface area contributed by atoms with Crippen molar-refractivity contribution < 1.29 is 18.3 Å². The summed E-state index contributed by atoms with van der Waals surface area (Å²) in [7, 11) is -1.77. The first-order valence-corrected chi connectivity index (χ1v) is 15.0. The summed E-state index contributed by atoms with van der Waals surface area (Å²) in [4.78, 5) is 29.2. The van der Waals surface area contributed by atoms with Gasteiger partial charge in [-0.3, -0.25) is 9.98 Å². The van der Waals surface area contributed by atoms with Crippen LogP contribution in [-0.2, 0) is 16.4 Å². The van der Waals surface area contributed by atoms with Crippen LogP contribution >= 0.6 is 0 Å². The first kappa shape index (κ1) is 27.8. The van der Waals surface area contributed by atoms with Crippen molar-refractivity contribution in [2.45, 2.75) is 70.2 Å². The molecule has 1 aliphatic heterocycles. The molecule has 1 unspecified atom stereocenters. The van der Waals surface area contributed by atoms with E-state index in [1.165, 1.54) is 18.6 Å². The van der Waals surface area contributed by atoms with Crippen LogP contribution < -0.4 is 15.0 Å². The number of rotatable bonds is 9. The molecule has 2 aliphatic rings. The van der Waals surface area contributed by atoms with Gasteiger partial charge in [-0.15, -0.1) is 0 Å². The number of aromatic nitrogens is 5. The molecule has 0 amide bonds. The molecule has 0 bridgehead atoms. The van der Waals surface area contributed by atoms with Crippen molar-refractivity contribution in [1.82, 2.24) is 24.9 Å². The summed E-state index contributed by atoms with van der Waals surface area (Å²) in [5.41, 5.74) is 2.70. The third-order valence-corrected chi connectivity index (χ3v) is 9.08. The molecule has 2 N–H and O–H groups in total. The summed E-state index contributed by atoms with van der Waals surface area (Å²) in [5.74, 6) is 2.22. The Balaban J connectivity index is 1.50. The van der Waals surface area contributed by atoms with Crippen molar-refractivity contribution >= 4 is 27.2 Å². The highest BCUT2D eigenvalue weighted by molar-refractivity contribution is 7.91. The van der Waals surface area contributed by atoms with E-state index in [0.29, 0.717) is 46.2 Å². The van der Waals surface area contributed by atoms with Gasteiger partial charge in [-0.25, -0.2) is 28.4 Å². The summed E-state index contributed by atoms with van der Waals surface area (Å²) in [6.07, 6.45) is 5.49. The van der Waals surface area contributed by atoms with Gasteiger partial charge in [-0.2, -0.15) is 0 Å². The van der Waals surface area contributed by atoms with Crippen molar-refractivity contribution in [2.75, 3.05) is 23.1 Å². The number of hydrogen-bond donors (Lipinski definition) is 2. The van der Waals surface area contributed by atoms with Gasteiger partial charge in [-0.1, -0.05) is 20.8 Å². The van der Waals surface area contributed by atoms with Crippen LogP contribution in [0.25, 0.3) is 11.4 Å². The molecule has 212 valence electrons. The van der Waals surface area contributed by atoms with Crippen LogP contribution in [0.15, 0.2) is 40.7 Å². The second kappa shape index (κ2) is 11.0. The van der Waals surface area contributed by atoms with Crippen LogP contribution in [0.1, 0.15) is 57.8 Å². The van der Waals surface area contributed by atoms with E-state index in [-0.39, 0.29) is 29.2 Å². The molecule has 1 aliphatic carbocycles. The Morgan fingerprint density at radius 1 is 1.15 bits per heavy atom. The SMILES string of the molecule is CCS(=O)(=O)c1ccc(CN=C2Nc3cnc(-c4c(OC)ncnc4C4CC4)nc3N([C@@H](C)C(C)C)C2O)nc1. The molecule has 13 heteroatoms. The fourth-order valence-corrected chi connectivity index (χ4v) is 5.34. The van der Waals surface area contributed by atoms with Gasteiger partial charge in [0.25, 0.3) is 0 Å². The standard InChI is InChI=1S/C27H34N8O4S/c1-6-40(37,38)19-10-9-18(28-12-19)11-29-24-27(36)35(16(4)15(2)3)25-20(33-24)13-30-23(34-25)21-22(17-7-8-17)31-14-32-26(21)39-5/h9-10,12-17,27,36H,6-8,11H2,1-5H3,(H,29,33)/t16-,27?/m0/s1. The number of aliphatic hydroxyl groups is 1. The number of aliphatic imine (C=N–C) groups is 1. The third kappa shape index (κ3) is 5.35. The fraction of sp³-hybridized carbons (Fsp3) is 0.481. The van der Waals surface area contributed by atoms with E-state index in [1.807, 2.05) is 11.8 Å². The van der Waals surface area contributed by atoms with Gasteiger partial charge in [0.2, 0.25) is 5.88 Å². The molecule has 0 aromatic carbocycles. The predicted octanol–water partition coefficient (Wildman–Crippen LogP) is 3.20. The van der Waals surface area contributed by atoms with Gasteiger partial charge in [0.15, 0.2) is 33.5 Å². The topological polar surface area (TPSA) is 156 Å². The maximum absolute atomic E-state index is 12.1. The zero-order chi connectivity index (χ0) is 28.6. The summed E-state index contributed by atoms with van der Waals surface area (Å²) in [5, 5.41) is 14.7. The number of nitrogens with zero attached hydrogens (tertiary/aromatic N) is 7. The second-order valence-electron chi connectivity index (χ2n) is 10.3. The lowest BCUT2D eigenvalue weighted by Crippen LogP contribution is -2.54. The molecule has 4 heterocycles. The van der Waals surface area contributed by atoms with Crippen LogP contribution in [0.2, 0.25) is 0 Å². The van der Waals surface area contributed by atoms with Crippen molar-refractivity contribution in [3.05, 3.63) is 42.2 Å². The van der Waals surface area contributed by atoms with Crippen LogP contribution in [0.5, 0.6) is 5.88 Å². The molecular weight excluding hydrogens is 532 g/mol. The minimum atomic E-state index is -3.34. The van der Waals surface area contributed by atoms with Gasteiger partial charge < -0.3 is 20.1 Å². The number of methoxy groups -OCH3 is 1. The Morgan fingerprint density at radius 2 is 1.93 bits per heavy atom. The van der Waals surface area contributed by atoms with E-state index >= 15 is 0 Å². The first-order chi connectivity index (χ1) is 19.1. The number of aliphatic hydroxyl groups excluding tert-OH is 1. The van der Waals surface area contributed by atoms with Gasteiger partial charge in [0.1, 0.15) is 17.6 Å². The van der Waals surface area contributed by atoms with E-state index in [1.54, 1.807) is 26.3 Å².